The van der Waals surface area contributed by atoms with Crippen LogP contribution in [0.25, 0.3) is 0 Å². The predicted octanol–water partition coefficient (Wildman–Crippen LogP) is 4.18. The summed E-state index contributed by atoms with van der Waals surface area (Å²) in [5, 5.41) is 6.44. The van der Waals surface area contributed by atoms with Gasteiger partial charge in [-0.15, -0.1) is 0 Å². The molecule has 2 aromatic carbocycles. The largest absolute Gasteiger partial charge is 0.465 e. The van der Waals surface area contributed by atoms with Gasteiger partial charge in [0, 0.05) is 18.7 Å². The zero-order chi connectivity index (χ0) is 18.4. The first kappa shape index (κ1) is 18.8. The van der Waals surface area contributed by atoms with Gasteiger partial charge in [-0.25, -0.2) is 4.79 Å². The lowest BCUT2D eigenvalue weighted by atomic mass is 10.1. The molecule has 0 aromatic heterocycles. The summed E-state index contributed by atoms with van der Waals surface area (Å²) in [5.41, 5.74) is 3.96. The second kappa shape index (κ2) is 8.53. The molecule has 0 fully saturated rings. The minimum atomic E-state index is -0.438. The van der Waals surface area contributed by atoms with Crippen molar-refractivity contribution in [1.29, 1.82) is 0 Å². The third kappa shape index (κ3) is 5.22. The van der Waals surface area contributed by atoms with E-state index in [0.29, 0.717) is 22.8 Å². The van der Waals surface area contributed by atoms with Crippen LogP contribution in [0.5, 0.6) is 0 Å². The minimum Gasteiger partial charge on any atom is -0.465 e. The van der Waals surface area contributed by atoms with Gasteiger partial charge < -0.3 is 15.4 Å². The minimum absolute atomic E-state index is 0.0975. The topological polar surface area (TPSA) is 67.4 Å². The Labute approximate surface area is 152 Å². The maximum Gasteiger partial charge on any atom is 0.337 e. The Morgan fingerprint density at radius 1 is 1.08 bits per heavy atom. The van der Waals surface area contributed by atoms with Crippen LogP contribution in [-0.2, 0) is 9.53 Å². The van der Waals surface area contributed by atoms with Gasteiger partial charge in [0.15, 0.2) is 0 Å². The monoisotopic (exact) mass is 360 g/mol. The van der Waals surface area contributed by atoms with Crippen LogP contribution < -0.4 is 10.6 Å². The maximum atomic E-state index is 12.1. The fraction of sp³-hybridized carbons (Fsp3) is 0.263. The SMILES string of the molecule is COC(=O)c1ccc(Cl)c(NCCC(=O)Nc2ccc(C)cc2C)c1. The molecule has 2 aromatic rings. The van der Waals surface area contributed by atoms with Gasteiger partial charge in [-0.3, -0.25) is 4.79 Å². The van der Waals surface area contributed by atoms with Crippen molar-refractivity contribution in [3.8, 4) is 0 Å². The molecule has 25 heavy (non-hydrogen) atoms. The van der Waals surface area contributed by atoms with Crippen LogP contribution in [0.2, 0.25) is 5.02 Å². The fourth-order valence-corrected chi connectivity index (χ4v) is 2.57. The molecule has 0 radical (unpaired) electrons. The summed E-state index contributed by atoms with van der Waals surface area (Å²) in [6.07, 6.45) is 0.270. The van der Waals surface area contributed by atoms with Crippen LogP contribution in [0.1, 0.15) is 27.9 Å². The van der Waals surface area contributed by atoms with Gasteiger partial charge in [0.25, 0.3) is 0 Å². The van der Waals surface area contributed by atoms with Gasteiger partial charge in [-0.05, 0) is 43.7 Å². The van der Waals surface area contributed by atoms with Crippen molar-refractivity contribution in [2.45, 2.75) is 20.3 Å². The van der Waals surface area contributed by atoms with Gasteiger partial charge in [-0.1, -0.05) is 29.3 Å². The Morgan fingerprint density at radius 2 is 1.84 bits per heavy atom. The lowest BCUT2D eigenvalue weighted by Gasteiger charge is -2.11. The highest BCUT2D eigenvalue weighted by molar-refractivity contribution is 6.33. The number of benzene rings is 2. The van der Waals surface area contributed by atoms with Crippen LogP contribution in [0.15, 0.2) is 36.4 Å². The van der Waals surface area contributed by atoms with E-state index in [1.54, 1.807) is 18.2 Å². The van der Waals surface area contributed by atoms with Crippen molar-refractivity contribution in [3.05, 3.63) is 58.1 Å². The number of halogens is 1. The summed E-state index contributed by atoms with van der Waals surface area (Å²) in [6.45, 7) is 4.36. The Balaban J connectivity index is 1.91. The molecule has 5 nitrogen and oxygen atoms in total. The van der Waals surface area contributed by atoms with Crippen LogP contribution in [-0.4, -0.2) is 25.5 Å². The normalized spacial score (nSPS) is 10.2. The van der Waals surface area contributed by atoms with E-state index in [-0.39, 0.29) is 12.3 Å². The third-order valence-electron chi connectivity index (χ3n) is 3.71. The van der Waals surface area contributed by atoms with E-state index in [9.17, 15) is 9.59 Å². The molecule has 0 spiro atoms. The number of carbonyl (C=O) groups excluding carboxylic acids is 2. The molecular formula is C19H21ClN2O3. The molecule has 0 aliphatic heterocycles. The second-order valence-electron chi connectivity index (χ2n) is 5.73. The summed E-state index contributed by atoms with van der Waals surface area (Å²) >= 11 is 6.11. The number of carbonyl (C=O) groups is 2. The van der Waals surface area contributed by atoms with Crippen molar-refractivity contribution in [2.24, 2.45) is 0 Å². The van der Waals surface area contributed by atoms with E-state index in [2.05, 4.69) is 15.4 Å². The maximum absolute atomic E-state index is 12.1. The van der Waals surface area contributed by atoms with Gasteiger partial charge in [0.05, 0.1) is 23.4 Å². The molecule has 0 atom stereocenters. The molecule has 2 rings (SSSR count). The van der Waals surface area contributed by atoms with Gasteiger partial charge in [-0.2, -0.15) is 0 Å². The Bertz CT molecular complexity index is 790. The van der Waals surface area contributed by atoms with Crippen molar-refractivity contribution >= 4 is 34.9 Å². The number of amides is 1. The summed E-state index contributed by atoms with van der Waals surface area (Å²) in [6, 6.07) is 10.7. The molecule has 132 valence electrons. The van der Waals surface area contributed by atoms with E-state index in [0.717, 1.165) is 16.8 Å². The number of anilines is 2. The zero-order valence-electron chi connectivity index (χ0n) is 14.5. The van der Waals surface area contributed by atoms with Crippen molar-refractivity contribution < 1.29 is 14.3 Å². The lowest BCUT2D eigenvalue weighted by molar-refractivity contribution is -0.115. The quantitative estimate of drug-likeness (QED) is 0.758. The number of ether oxygens (including phenoxy) is 1. The molecule has 1 amide bonds. The van der Waals surface area contributed by atoms with Crippen LogP contribution >= 0.6 is 11.6 Å². The van der Waals surface area contributed by atoms with Crippen molar-refractivity contribution in [2.75, 3.05) is 24.3 Å². The average Bonchev–Trinajstić information content (AvgIpc) is 2.58. The zero-order valence-corrected chi connectivity index (χ0v) is 15.2. The summed E-state index contributed by atoms with van der Waals surface area (Å²) < 4.78 is 4.69. The first-order valence-electron chi connectivity index (χ1n) is 7.89. The van der Waals surface area contributed by atoms with Crippen molar-refractivity contribution in [3.63, 3.8) is 0 Å². The van der Waals surface area contributed by atoms with Crippen molar-refractivity contribution in [1.82, 2.24) is 0 Å². The molecule has 6 heteroatoms. The fourth-order valence-electron chi connectivity index (χ4n) is 2.38. The molecule has 0 saturated heterocycles. The summed E-state index contributed by atoms with van der Waals surface area (Å²) in [5.74, 6) is -0.535. The van der Waals surface area contributed by atoms with Gasteiger partial charge >= 0.3 is 5.97 Å². The lowest BCUT2D eigenvalue weighted by Crippen LogP contribution is -2.17. The number of hydrogen-bond donors (Lipinski definition) is 2. The first-order valence-corrected chi connectivity index (χ1v) is 8.27. The number of aryl methyl sites for hydroxylation is 2. The highest BCUT2D eigenvalue weighted by Crippen LogP contribution is 2.23. The standard InChI is InChI=1S/C19H21ClN2O3/c1-12-4-7-16(13(2)10-12)22-18(23)8-9-21-17-11-14(19(24)25-3)5-6-15(17)20/h4-7,10-11,21H,8-9H2,1-3H3,(H,22,23). The van der Waals surface area contributed by atoms with Crippen LogP contribution in [0, 0.1) is 13.8 Å². The summed E-state index contributed by atoms with van der Waals surface area (Å²) in [4.78, 5) is 23.6. The number of hydrogen-bond acceptors (Lipinski definition) is 4. The molecule has 0 bridgehead atoms. The smallest absolute Gasteiger partial charge is 0.337 e. The molecule has 0 aliphatic carbocycles. The Hall–Kier alpha value is -2.53. The molecule has 2 N–H and O–H groups in total. The molecule has 0 heterocycles. The molecule has 0 unspecified atom stereocenters. The number of methoxy groups -OCH3 is 1. The first-order chi connectivity index (χ1) is 11.9. The second-order valence-corrected chi connectivity index (χ2v) is 6.14. The molecule has 0 saturated carbocycles. The van der Waals surface area contributed by atoms with E-state index >= 15 is 0 Å². The van der Waals surface area contributed by atoms with Gasteiger partial charge in [0.1, 0.15) is 0 Å². The predicted molar refractivity (Wildman–Crippen MR) is 100 cm³/mol. The summed E-state index contributed by atoms with van der Waals surface area (Å²) in [7, 11) is 1.32. The Kier molecular flexibility index (Phi) is 6.42. The van der Waals surface area contributed by atoms with E-state index in [4.69, 9.17) is 11.6 Å². The number of rotatable bonds is 6. The third-order valence-corrected chi connectivity index (χ3v) is 4.04. The van der Waals surface area contributed by atoms with E-state index in [1.807, 2.05) is 32.0 Å². The average molecular weight is 361 g/mol. The number of nitrogens with one attached hydrogen (secondary N) is 2. The van der Waals surface area contributed by atoms with Crippen LogP contribution in [0.3, 0.4) is 0 Å². The molecule has 0 aliphatic rings. The van der Waals surface area contributed by atoms with Crippen LogP contribution in [0.4, 0.5) is 11.4 Å². The van der Waals surface area contributed by atoms with E-state index in [1.165, 1.54) is 7.11 Å². The Morgan fingerprint density at radius 3 is 2.52 bits per heavy atom. The van der Waals surface area contributed by atoms with Gasteiger partial charge in [0.2, 0.25) is 5.91 Å². The highest BCUT2D eigenvalue weighted by Gasteiger charge is 2.10. The molecular weight excluding hydrogens is 340 g/mol. The van der Waals surface area contributed by atoms with E-state index < -0.39 is 5.97 Å². The highest BCUT2D eigenvalue weighted by atomic mass is 35.5. The number of esters is 1.